The van der Waals surface area contributed by atoms with Crippen LogP contribution < -0.4 is 14.2 Å². The zero-order valence-electron chi connectivity index (χ0n) is 19.6. The SMILES string of the molecule is COc1cccc(CN(C(=O)CCc2ccc(OCc3ccccc3)cc2)S(C)(=O)=O)c1OC. The molecule has 34 heavy (non-hydrogen) atoms. The number of ether oxygens (including phenoxy) is 3. The molecule has 0 aliphatic heterocycles. The molecule has 0 bridgehead atoms. The summed E-state index contributed by atoms with van der Waals surface area (Å²) in [4.78, 5) is 12.9. The maximum atomic E-state index is 12.9. The molecule has 3 rings (SSSR count). The molecule has 180 valence electrons. The average Bonchev–Trinajstić information content (AvgIpc) is 2.84. The van der Waals surface area contributed by atoms with Gasteiger partial charge >= 0.3 is 0 Å². The molecule has 3 aromatic rings. The fourth-order valence-corrected chi connectivity index (χ4v) is 4.33. The number of hydrogen-bond acceptors (Lipinski definition) is 6. The number of nitrogens with zero attached hydrogens (tertiary/aromatic N) is 1. The van der Waals surface area contributed by atoms with Crippen LogP contribution in [0.25, 0.3) is 0 Å². The second-order valence-electron chi connectivity index (χ2n) is 7.73. The van der Waals surface area contributed by atoms with E-state index in [2.05, 4.69) is 0 Å². The monoisotopic (exact) mass is 483 g/mol. The number of aryl methyl sites for hydroxylation is 1. The number of carbonyl (C=O) groups is 1. The first-order chi connectivity index (χ1) is 16.3. The molecule has 0 saturated heterocycles. The molecular weight excluding hydrogens is 454 g/mol. The Morgan fingerprint density at radius 2 is 1.56 bits per heavy atom. The highest BCUT2D eigenvalue weighted by molar-refractivity contribution is 7.88. The lowest BCUT2D eigenvalue weighted by Crippen LogP contribution is -2.35. The molecule has 0 aliphatic carbocycles. The lowest BCUT2D eigenvalue weighted by molar-refractivity contribution is -0.126. The fraction of sp³-hybridized carbons (Fsp3) is 0.269. The number of amides is 1. The molecule has 0 atom stereocenters. The van der Waals surface area contributed by atoms with Crippen molar-refractivity contribution in [2.24, 2.45) is 0 Å². The highest BCUT2D eigenvalue weighted by Crippen LogP contribution is 2.32. The molecule has 0 fully saturated rings. The summed E-state index contributed by atoms with van der Waals surface area (Å²) in [5.74, 6) is 1.10. The van der Waals surface area contributed by atoms with Gasteiger partial charge in [-0.15, -0.1) is 0 Å². The van der Waals surface area contributed by atoms with Crippen molar-refractivity contribution in [1.82, 2.24) is 4.31 Å². The zero-order chi connectivity index (χ0) is 24.6. The largest absolute Gasteiger partial charge is 0.493 e. The first-order valence-corrected chi connectivity index (χ1v) is 12.6. The van der Waals surface area contributed by atoms with E-state index in [1.165, 1.54) is 14.2 Å². The van der Waals surface area contributed by atoms with Gasteiger partial charge in [0, 0.05) is 12.0 Å². The summed E-state index contributed by atoms with van der Waals surface area (Å²) in [7, 11) is -0.812. The third-order valence-electron chi connectivity index (χ3n) is 5.28. The van der Waals surface area contributed by atoms with Crippen molar-refractivity contribution in [3.8, 4) is 17.2 Å². The number of benzene rings is 3. The van der Waals surface area contributed by atoms with Crippen LogP contribution in [0.5, 0.6) is 17.2 Å². The Kier molecular flexibility index (Phi) is 8.54. The smallest absolute Gasteiger partial charge is 0.236 e. The van der Waals surface area contributed by atoms with E-state index in [4.69, 9.17) is 14.2 Å². The Morgan fingerprint density at radius 3 is 2.18 bits per heavy atom. The lowest BCUT2D eigenvalue weighted by atomic mass is 10.1. The van der Waals surface area contributed by atoms with Crippen LogP contribution in [0.15, 0.2) is 72.8 Å². The Labute approximate surface area is 200 Å². The minimum Gasteiger partial charge on any atom is -0.493 e. The first kappa shape index (κ1) is 25.1. The van der Waals surface area contributed by atoms with Gasteiger partial charge in [0.1, 0.15) is 12.4 Å². The highest BCUT2D eigenvalue weighted by Gasteiger charge is 2.25. The third kappa shape index (κ3) is 6.74. The van der Waals surface area contributed by atoms with Gasteiger partial charge in [-0.05, 0) is 35.7 Å². The van der Waals surface area contributed by atoms with Crippen molar-refractivity contribution < 1.29 is 27.4 Å². The van der Waals surface area contributed by atoms with Crippen LogP contribution in [0, 0.1) is 0 Å². The van der Waals surface area contributed by atoms with Gasteiger partial charge in [-0.3, -0.25) is 4.79 Å². The molecule has 1 amide bonds. The van der Waals surface area contributed by atoms with Crippen molar-refractivity contribution in [2.75, 3.05) is 20.5 Å². The quantitative estimate of drug-likeness (QED) is 0.407. The van der Waals surface area contributed by atoms with Gasteiger partial charge in [-0.1, -0.05) is 54.6 Å². The Bertz CT molecular complexity index is 1190. The van der Waals surface area contributed by atoms with Crippen molar-refractivity contribution in [3.05, 3.63) is 89.5 Å². The van der Waals surface area contributed by atoms with Gasteiger partial charge in [-0.25, -0.2) is 12.7 Å². The number of para-hydroxylation sites is 1. The van der Waals surface area contributed by atoms with Crippen LogP contribution in [0.2, 0.25) is 0 Å². The number of hydrogen-bond donors (Lipinski definition) is 0. The summed E-state index contributed by atoms with van der Waals surface area (Å²) in [6, 6.07) is 22.5. The standard InChI is InChI=1S/C26H29NO6S/c1-31-24-11-7-10-22(26(24)32-2)18-27(34(3,29)30)25(28)17-14-20-12-15-23(16-13-20)33-19-21-8-5-4-6-9-21/h4-13,15-16H,14,17-19H2,1-3H3. The zero-order valence-corrected chi connectivity index (χ0v) is 20.4. The van der Waals surface area contributed by atoms with Gasteiger partial charge in [0.25, 0.3) is 0 Å². The van der Waals surface area contributed by atoms with E-state index < -0.39 is 15.9 Å². The summed E-state index contributed by atoms with van der Waals surface area (Å²) in [5, 5.41) is 0. The maximum Gasteiger partial charge on any atom is 0.236 e. The van der Waals surface area contributed by atoms with E-state index in [1.807, 2.05) is 54.6 Å². The molecule has 3 aromatic carbocycles. The summed E-state index contributed by atoms with van der Waals surface area (Å²) >= 11 is 0. The summed E-state index contributed by atoms with van der Waals surface area (Å²) in [6.07, 6.45) is 1.47. The van der Waals surface area contributed by atoms with Crippen LogP contribution in [0.4, 0.5) is 0 Å². The fourth-order valence-electron chi connectivity index (χ4n) is 3.49. The number of sulfonamides is 1. The normalized spacial score (nSPS) is 11.0. The highest BCUT2D eigenvalue weighted by atomic mass is 32.2. The predicted molar refractivity (Wildman–Crippen MR) is 130 cm³/mol. The molecule has 8 heteroatoms. The Hall–Kier alpha value is -3.52. The second-order valence-corrected chi connectivity index (χ2v) is 9.64. The van der Waals surface area contributed by atoms with Gasteiger partial charge in [-0.2, -0.15) is 0 Å². The van der Waals surface area contributed by atoms with E-state index >= 15 is 0 Å². The van der Waals surface area contributed by atoms with Crippen LogP contribution in [0.3, 0.4) is 0 Å². The van der Waals surface area contributed by atoms with Crippen LogP contribution in [-0.2, 0) is 34.4 Å². The topological polar surface area (TPSA) is 82.1 Å². The van der Waals surface area contributed by atoms with E-state index in [0.717, 1.165) is 27.4 Å². The van der Waals surface area contributed by atoms with E-state index in [0.29, 0.717) is 30.1 Å². The van der Waals surface area contributed by atoms with E-state index in [-0.39, 0.29) is 13.0 Å². The van der Waals surface area contributed by atoms with Crippen LogP contribution in [-0.4, -0.2) is 39.1 Å². The van der Waals surface area contributed by atoms with Crippen molar-refractivity contribution >= 4 is 15.9 Å². The van der Waals surface area contributed by atoms with Gasteiger partial charge in [0.05, 0.1) is 27.0 Å². The molecule has 0 aliphatic rings. The molecule has 0 N–H and O–H groups in total. The first-order valence-electron chi connectivity index (χ1n) is 10.8. The molecular formula is C26H29NO6S. The van der Waals surface area contributed by atoms with Gasteiger partial charge in [0.15, 0.2) is 11.5 Å². The average molecular weight is 484 g/mol. The molecule has 0 saturated carbocycles. The van der Waals surface area contributed by atoms with Gasteiger partial charge < -0.3 is 14.2 Å². The molecule has 0 aromatic heterocycles. The summed E-state index contributed by atoms with van der Waals surface area (Å²) in [5.41, 5.74) is 2.53. The molecule has 0 spiro atoms. The third-order valence-corrected chi connectivity index (χ3v) is 6.41. The lowest BCUT2D eigenvalue weighted by Gasteiger charge is -2.22. The Morgan fingerprint density at radius 1 is 0.853 bits per heavy atom. The maximum absolute atomic E-state index is 12.9. The summed E-state index contributed by atoms with van der Waals surface area (Å²) in [6.45, 7) is 0.333. The minimum atomic E-state index is -3.78. The van der Waals surface area contributed by atoms with Crippen LogP contribution >= 0.6 is 0 Å². The second kappa shape index (κ2) is 11.6. The van der Waals surface area contributed by atoms with E-state index in [1.54, 1.807) is 18.2 Å². The molecule has 0 heterocycles. The molecule has 0 unspecified atom stereocenters. The number of rotatable bonds is 11. The minimum absolute atomic E-state index is 0.0452. The van der Waals surface area contributed by atoms with Crippen molar-refractivity contribution in [1.29, 1.82) is 0 Å². The van der Waals surface area contributed by atoms with Gasteiger partial charge in [0.2, 0.25) is 15.9 Å². The van der Waals surface area contributed by atoms with Crippen molar-refractivity contribution in [2.45, 2.75) is 26.0 Å². The Balaban J connectivity index is 1.63. The number of carbonyl (C=O) groups excluding carboxylic acids is 1. The van der Waals surface area contributed by atoms with E-state index in [9.17, 15) is 13.2 Å². The van der Waals surface area contributed by atoms with Crippen molar-refractivity contribution in [3.63, 3.8) is 0 Å². The predicted octanol–water partition coefficient (Wildman–Crippen LogP) is 4.20. The van der Waals surface area contributed by atoms with Crippen LogP contribution in [0.1, 0.15) is 23.1 Å². The number of methoxy groups -OCH3 is 2. The molecule has 0 radical (unpaired) electrons. The summed E-state index contributed by atoms with van der Waals surface area (Å²) < 4.78 is 42.1. The molecule has 7 nitrogen and oxygen atoms in total.